The van der Waals surface area contributed by atoms with Crippen molar-refractivity contribution in [3.63, 3.8) is 0 Å². The fourth-order valence-electron chi connectivity index (χ4n) is 0.934. The highest BCUT2D eigenvalue weighted by Gasteiger charge is 2.38. The largest absolute Gasteiger partial charge is 0.472 e. The summed E-state index contributed by atoms with van der Waals surface area (Å²) in [4.78, 5) is 20.2. The van der Waals surface area contributed by atoms with Crippen LogP contribution in [-0.4, -0.2) is 17.0 Å². The maximum atomic E-state index is 11.8. The molecule has 92 valence electrons. The topological polar surface area (TPSA) is 84.3 Å². The van der Waals surface area contributed by atoms with E-state index in [0.29, 0.717) is 0 Å². The number of carbonyl (C=O) groups excluding carboxylic acids is 1. The van der Waals surface area contributed by atoms with E-state index in [1.165, 1.54) is 17.6 Å². The van der Waals surface area contributed by atoms with Crippen molar-refractivity contribution in [2.45, 2.75) is 6.18 Å². The Morgan fingerprint density at radius 1 is 1.29 bits per heavy atom. The molecule has 0 radical (unpaired) electrons. The van der Waals surface area contributed by atoms with Gasteiger partial charge in [-0.25, -0.2) is 0 Å². The number of carbonyl (C=O) groups is 1. The Hall–Kier alpha value is -2.32. The zero-order valence-electron chi connectivity index (χ0n) is 8.12. The number of nitro groups is 1. The molecule has 9 heteroatoms. The molecule has 0 bridgehead atoms. The SMILES string of the molecule is O=C(NNc1ccccc1[N+](=O)[O-])C(F)(F)F. The number of amides is 1. The van der Waals surface area contributed by atoms with Crippen molar-refractivity contribution < 1.29 is 22.9 Å². The number of benzene rings is 1. The number of hydrogen-bond donors (Lipinski definition) is 2. The summed E-state index contributed by atoms with van der Waals surface area (Å²) in [5, 5.41) is 10.5. The maximum Gasteiger partial charge on any atom is 0.472 e. The van der Waals surface area contributed by atoms with E-state index in [2.05, 4.69) is 0 Å². The normalized spacial score (nSPS) is 10.8. The van der Waals surface area contributed by atoms with Gasteiger partial charge in [0, 0.05) is 6.07 Å². The number of para-hydroxylation sites is 2. The highest BCUT2D eigenvalue weighted by molar-refractivity contribution is 5.83. The first-order chi connectivity index (χ1) is 7.82. The number of hydrogen-bond acceptors (Lipinski definition) is 4. The smallest absolute Gasteiger partial charge is 0.292 e. The molecule has 0 unspecified atom stereocenters. The molecule has 17 heavy (non-hydrogen) atoms. The molecule has 1 rings (SSSR count). The summed E-state index contributed by atoms with van der Waals surface area (Å²) in [5.41, 5.74) is 2.47. The van der Waals surface area contributed by atoms with E-state index < -0.39 is 22.7 Å². The zero-order chi connectivity index (χ0) is 13.1. The number of halogens is 3. The van der Waals surface area contributed by atoms with Gasteiger partial charge in [0.25, 0.3) is 5.69 Å². The van der Waals surface area contributed by atoms with E-state index in [1.807, 2.05) is 5.43 Å². The van der Waals surface area contributed by atoms with Gasteiger partial charge in [0.15, 0.2) is 0 Å². The van der Waals surface area contributed by atoms with Gasteiger partial charge in [0.2, 0.25) is 0 Å². The molecule has 0 saturated carbocycles. The Kier molecular flexibility index (Phi) is 3.51. The van der Waals surface area contributed by atoms with Gasteiger partial charge >= 0.3 is 12.1 Å². The molecule has 6 nitrogen and oxygen atoms in total. The Balaban J connectivity index is 2.77. The molecule has 0 atom stereocenters. The van der Waals surface area contributed by atoms with Crippen molar-refractivity contribution in [1.29, 1.82) is 0 Å². The van der Waals surface area contributed by atoms with Crippen LogP contribution in [0.3, 0.4) is 0 Å². The number of nitro benzene ring substituents is 1. The molecule has 1 aromatic rings. The standard InChI is InChI=1S/C8H6F3N3O3/c9-8(10,11)7(15)13-12-5-3-1-2-4-6(5)14(16)17/h1-4,12H,(H,13,15). The molecule has 1 aromatic carbocycles. The van der Waals surface area contributed by atoms with Gasteiger partial charge in [-0.05, 0) is 6.07 Å². The number of nitrogens with one attached hydrogen (secondary N) is 2. The lowest BCUT2D eigenvalue weighted by Gasteiger charge is -2.10. The molecule has 0 saturated heterocycles. The number of rotatable bonds is 3. The molecule has 0 heterocycles. The van der Waals surface area contributed by atoms with Crippen molar-refractivity contribution in [2.24, 2.45) is 0 Å². The summed E-state index contributed by atoms with van der Waals surface area (Å²) < 4.78 is 35.5. The predicted octanol–water partition coefficient (Wildman–Crippen LogP) is 1.60. The second-order valence-electron chi connectivity index (χ2n) is 2.85. The van der Waals surface area contributed by atoms with Crippen LogP contribution >= 0.6 is 0 Å². The Bertz CT molecular complexity index is 447. The van der Waals surface area contributed by atoms with Crippen molar-refractivity contribution >= 4 is 17.3 Å². The van der Waals surface area contributed by atoms with Crippen LogP contribution in [0.5, 0.6) is 0 Å². The molecule has 1 amide bonds. The number of nitrogens with zero attached hydrogens (tertiary/aromatic N) is 1. The summed E-state index contributed by atoms with van der Waals surface area (Å²) in [6.45, 7) is 0. The van der Waals surface area contributed by atoms with E-state index in [4.69, 9.17) is 0 Å². The van der Waals surface area contributed by atoms with Gasteiger partial charge in [-0.1, -0.05) is 12.1 Å². The first-order valence-electron chi connectivity index (χ1n) is 4.19. The van der Waals surface area contributed by atoms with Crippen molar-refractivity contribution in [2.75, 3.05) is 5.43 Å². The van der Waals surface area contributed by atoms with Gasteiger partial charge < -0.3 is 0 Å². The lowest BCUT2D eigenvalue weighted by molar-refractivity contribution is -0.384. The van der Waals surface area contributed by atoms with Gasteiger partial charge in [0.1, 0.15) is 5.69 Å². The maximum absolute atomic E-state index is 11.8. The third-order valence-electron chi connectivity index (χ3n) is 1.67. The average Bonchev–Trinajstić information content (AvgIpc) is 2.24. The minimum Gasteiger partial charge on any atom is -0.292 e. The van der Waals surface area contributed by atoms with Crippen LogP contribution in [0.15, 0.2) is 24.3 Å². The summed E-state index contributed by atoms with van der Waals surface area (Å²) in [6.07, 6.45) is -5.06. The quantitative estimate of drug-likeness (QED) is 0.629. The summed E-state index contributed by atoms with van der Waals surface area (Å²) in [7, 11) is 0. The average molecular weight is 249 g/mol. The molecule has 0 aliphatic carbocycles. The number of alkyl halides is 3. The van der Waals surface area contributed by atoms with E-state index in [-0.39, 0.29) is 5.69 Å². The van der Waals surface area contributed by atoms with Crippen molar-refractivity contribution in [3.05, 3.63) is 34.4 Å². The monoisotopic (exact) mass is 249 g/mol. The second-order valence-corrected chi connectivity index (χ2v) is 2.85. The lowest BCUT2D eigenvalue weighted by Crippen LogP contribution is -2.40. The van der Waals surface area contributed by atoms with E-state index in [1.54, 1.807) is 0 Å². The third-order valence-corrected chi connectivity index (χ3v) is 1.67. The van der Waals surface area contributed by atoms with Crippen LogP contribution in [0.2, 0.25) is 0 Å². The van der Waals surface area contributed by atoms with Crippen LogP contribution in [0.4, 0.5) is 24.5 Å². The van der Waals surface area contributed by atoms with E-state index in [9.17, 15) is 28.1 Å². The fraction of sp³-hybridized carbons (Fsp3) is 0.125. The molecule has 0 aliphatic rings. The first kappa shape index (κ1) is 12.7. The zero-order valence-corrected chi connectivity index (χ0v) is 8.12. The first-order valence-corrected chi connectivity index (χ1v) is 4.19. The molecule has 2 N–H and O–H groups in total. The molecule has 0 fully saturated rings. The summed E-state index contributed by atoms with van der Waals surface area (Å²) >= 11 is 0. The van der Waals surface area contributed by atoms with Crippen LogP contribution in [0, 0.1) is 10.1 Å². The Morgan fingerprint density at radius 2 is 1.88 bits per heavy atom. The minimum atomic E-state index is -5.06. The Morgan fingerprint density at radius 3 is 2.41 bits per heavy atom. The Labute approximate surface area is 92.5 Å². The molecular formula is C8H6F3N3O3. The van der Waals surface area contributed by atoms with Gasteiger partial charge in [-0.3, -0.25) is 25.8 Å². The molecule has 0 aromatic heterocycles. The second kappa shape index (κ2) is 4.68. The summed E-state index contributed by atoms with van der Waals surface area (Å²) in [5.74, 6) is -2.24. The van der Waals surface area contributed by atoms with Crippen LogP contribution in [0.25, 0.3) is 0 Å². The van der Waals surface area contributed by atoms with Crippen molar-refractivity contribution in [1.82, 2.24) is 5.43 Å². The predicted molar refractivity (Wildman–Crippen MR) is 50.9 cm³/mol. The van der Waals surface area contributed by atoms with E-state index >= 15 is 0 Å². The number of anilines is 1. The highest BCUT2D eigenvalue weighted by Crippen LogP contribution is 2.22. The van der Waals surface area contributed by atoms with Gasteiger partial charge in [-0.15, -0.1) is 0 Å². The third kappa shape index (κ3) is 3.33. The van der Waals surface area contributed by atoms with Crippen molar-refractivity contribution in [3.8, 4) is 0 Å². The van der Waals surface area contributed by atoms with Gasteiger partial charge in [-0.2, -0.15) is 13.2 Å². The summed E-state index contributed by atoms with van der Waals surface area (Å²) in [6, 6.07) is 4.96. The van der Waals surface area contributed by atoms with Crippen LogP contribution in [-0.2, 0) is 4.79 Å². The fourth-order valence-corrected chi connectivity index (χ4v) is 0.934. The van der Waals surface area contributed by atoms with Crippen LogP contribution in [0.1, 0.15) is 0 Å². The molecular weight excluding hydrogens is 243 g/mol. The minimum absolute atomic E-state index is 0.241. The molecule has 0 spiro atoms. The lowest BCUT2D eigenvalue weighted by atomic mass is 10.3. The van der Waals surface area contributed by atoms with Crippen LogP contribution < -0.4 is 10.9 Å². The highest BCUT2D eigenvalue weighted by atomic mass is 19.4. The molecule has 0 aliphatic heterocycles. The van der Waals surface area contributed by atoms with Gasteiger partial charge in [0.05, 0.1) is 4.92 Å². The number of hydrazine groups is 1. The van der Waals surface area contributed by atoms with E-state index in [0.717, 1.165) is 12.1 Å².